The summed E-state index contributed by atoms with van der Waals surface area (Å²) in [5, 5.41) is 2.33. The molecule has 0 unspecified atom stereocenters. The second-order valence-electron chi connectivity index (χ2n) is 10.5. The van der Waals surface area contributed by atoms with Crippen molar-refractivity contribution in [1.29, 1.82) is 0 Å². The van der Waals surface area contributed by atoms with E-state index in [-0.39, 0.29) is 0 Å². The van der Waals surface area contributed by atoms with Crippen LogP contribution in [0, 0.1) is 6.33 Å². The first kappa shape index (κ1) is 23.6. The van der Waals surface area contributed by atoms with Gasteiger partial charge in [-0.3, -0.25) is 13.4 Å². The third-order valence-electron chi connectivity index (χ3n) is 7.95. The normalized spacial score (nSPS) is 11.7. The smallest absolute Gasteiger partial charge is 0.199 e. The molecule has 0 atom stereocenters. The maximum atomic E-state index is 6.52. The van der Waals surface area contributed by atoms with Gasteiger partial charge in [-0.2, -0.15) is 0 Å². The second-order valence-corrected chi connectivity index (χ2v) is 10.5. The highest BCUT2D eigenvalue weighted by Crippen LogP contribution is 2.35. The van der Waals surface area contributed by atoms with Crippen LogP contribution in [-0.4, -0.2) is 22.9 Å². The molecule has 3 aromatic carbocycles. The van der Waals surface area contributed by atoms with Gasteiger partial charge in [0.2, 0.25) is 0 Å². The summed E-state index contributed by atoms with van der Waals surface area (Å²) in [7, 11) is 0. The minimum Gasteiger partial charge on any atom is -0.458 e. The average molecular weight is 557 g/mol. The van der Waals surface area contributed by atoms with Crippen LogP contribution in [0.5, 0.6) is 11.5 Å². The number of para-hydroxylation sites is 1. The van der Waals surface area contributed by atoms with Crippen LogP contribution in [0.4, 0.5) is 0 Å². The molecule has 0 saturated heterocycles. The fourth-order valence-corrected chi connectivity index (χ4v) is 6.08. The molecule has 0 radical (unpaired) electrons. The molecule has 0 fully saturated rings. The number of pyridine rings is 1. The Morgan fingerprint density at radius 2 is 1.47 bits per heavy atom. The lowest BCUT2D eigenvalue weighted by molar-refractivity contribution is -0.520. The standard InChI is InChI=1S/C36H24N6O/c1-2-12-31-29(11-1)30-18-17-28(24-32(30)42(31)33-13-3-4-19-37-33)43-27-10-5-9-26(23-27)41-25-38-20-6-14-34(38)39-21-7-15-35(39)40-22-8-16-36(40)41/h1-24H. The summed E-state index contributed by atoms with van der Waals surface area (Å²) >= 11 is 0. The van der Waals surface area contributed by atoms with Crippen LogP contribution >= 0.6 is 0 Å². The van der Waals surface area contributed by atoms with E-state index in [4.69, 9.17) is 4.74 Å². The van der Waals surface area contributed by atoms with Gasteiger partial charge < -0.3 is 13.7 Å². The third-order valence-corrected chi connectivity index (χ3v) is 7.95. The van der Waals surface area contributed by atoms with E-state index in [0.29, 0.717) is 0 Å². The van der Waals surface area contributed by atoms with Crippen molar-refractivity contribution in [3.05, 3.63) is 152 Å². The highest BCUT2D eigenvalue weighted by atomic mass is 16.5. The van der Waals surface area contributed by atoms with E-state index in [1.165, 1.54) is 5.39 Å². The zero-order chi connectivity index (χ0) is 28.3. The third kappa shape index (κ3) is 3.68. The zero-order valence-electron chi connectivity index (χ0n) is 22.9. The minimum absolute atomic E-state index is 0.732. The number of benzene rings is 3. The van der Waals surface area contributed by atoms with Gasteiger partial charge in [0.1, 0.15) is 23.0 Å². The SMILES string of the molecule is [c-]1n(-c2cccc(Oc3ccc4c5ccccc5n(-c5ccccn5)c4c3)c2)c2cccn2c2cccn2c2ccc[n+]12. The molecular weight excluding hydrogens is 532 g/mol. The number of ether oxygens (including phenoxy) is 1. The highest BCUT2D eigenvalue weighted by molar-refractivity contribution is 6.09. The van der Waals surface area contributed by atoms with Crippen molar-refractivity contribution in [2.75, 3.05) is 0 Å². The number of hydrogen-bond donors (Lipinski definition) is 0. The second kappa shape index (κ2) is 9.22. The number of rotatable bonds is 4. The Labute approximate surface area is 246 Å². The lowest BCUT2D eigenvalue weighted by atomic mass is 10.1. The molecule has 204 valence electrons. The van der Waals surface area contributed by atoms with E-state index in [0.717, 1.165) is 56.4 Å². The van der Waals surface area contributed by atoms with Crippen molar-refractivity contribution < 1.29 is 9.14 Å². The monoisotopic (exact) mass is 556 g/mol. The van der Waals surface area contributed by atoms with Crippen molar-refractivity contribution in [3.8, 4) is 23.0 Å². The Kier molecular flexibility index (Phi) is 5.06. The molecule has 0 aliphatic carbocycles. The van der Waals surface area contributed by atoms with Crippen LogP contribution in [0.25, 0.3) is 50.3 Å². The largest absolute Gasteiger partial charge is 0.458 e. The van der Waals surface area contributed by atoms with Crippen molar-refractivity contribution >= 4 is 38.7 Å². The molecule has 6 heterocycles. The Balaban J connectivity index is 1.19. The van der Waals surface area contributed by atoms with E-state index in [1.807, 2.05) is 65.3 Å². The van der Waals surface area contributed by atoms with Crippen LogP contribution in [0.15, 0.2) is 146 Å². The fourth-order valence-electron chi connectivity index (χ4n) is 6.08. The first-order valence-corrected chi connectivity index (χ1v) is 14.1. The average Bonchev–Trinajstić information content (AvgIpc) is 3.85. The maximum absolute atomic E-state index is 6.52. The molecule has 7 nitrogen and oxygen atoms in total. The molecule has 9 rings (SSSR count). The summed E-state index contributed by atoms with van der Waals surface area (Å²) in [6, 6.07) is 41.2. The molecular formula is C36H24N6O. The van der Waals surface area contributed by atoms with Gasteiger partial charge in [-0.25, -0.2) is 4.98 Å². The first-order valence-electron chi connectivity index (χ1n) is 14.1. The zero-order valence-corrected chi connectivity index (χ0v) is 22.9. The van der Waals surface area contributed by atoms with Crippen LogP contribution < -0.4 is 9.14 Å². The van der Waals surface area contributed by atoms with E-state index < -0.39 is 0 Å². The molecule has 9 aromatic rings. The number of fused-ring (bicyclic) bond motifs is 8. The lowest BCUT2D eigenvalue weighted by Gasteiger charge is -2.13. The van der Waals surface area contributed by atoms with Crippen LogP contribution in [0.2, 0.25) is 0 Å². The van der Waals surface area contributed by atoms with Crippen molar-refractivity contribution in [2.24, 2.45) is 0 Å². The quantitative estimate of drug-likeness (QED) is 0.168. The first-order chi connectivity index (χ1) is 21.3. The topological polar surface area (TPSA) is 44.9 Å². The Morgan fingerprint density at radius 1 is 0.628 bits per heavy atom. The summed E-state index contributed by atoms with van der Waals surface area (Å²) in [5.74, 6) is 2.35. The van der Waals surface area contributed by atoms with Gasteiger partial charge in [-0.15, -0.1) is 0 Å². The van der Waals surface area contributed by atoms with Crippen molar-refractivity contribution in [3.63, 3.8) is 0 Å². The molecule has 0 aliphatic rings. The van der Waals surface area contributed by atoms with E-state index in [1.54, 1.807) is 0 Å². The summed E-state index contributed by atoms with van der Waals surface area (Å²) in [5.41, 5.74) is 6.11. The van der Waals surface area contributed by atoms with Crippen molar-refractivity contribution in [2.45, 2.75) is 0 Å². The maximum Gasteiger partial charge on any atom is 0.199 e. The summed E-state index contributed by atoms with van der Waals surface area (Å²) < 4.78 is 17.1. The molecule has 0 bridgehead atoms. The van der Waals surface area contributed by atoms with Gasteiger partial charge in [0.15, 0.2) is 17.6 Å². The van der Waals surface area contributed by atoms with Crippen LogP contribution in [0.3, 0.4) is 0 Å². The minimum atomic E-state index is 0.732. The number of nitrogens with zero attached hydrogens (tertiary/aromatic N) is 6. The van der Waals surface area contributed by atoms with Gasteiger partial charge in [0, 0.05) is 41.1 Å². The Morgan fingerprint density at radius 3 is 2.40 bits per heavy atom. The molecule has 0 N–H and O–H groups in total. The predicted octanol–water partition coefficient (Wildman–Crippen LogP) is 7.37. The van der Waals surface area contributed by atoms with Crippen molar-refractivity contribution in [1.82, 2.24) is 22.9 Å². The van der Waals surface area contributed by atoms with Gasteiger partial charge in [-0.05, 0) is 72.8 Å². The molecule has 0 aliphatic heterocycles. The summed E-state index contributed by atoms with van der Waals surface area (Å²) in [6.45, 7) is 0. The lowest BCUT2D eigenvalue weighted by Crippen LogP contribution is -2.23. The molecule has 6 aromatic heterocycles. The van der Waals surface area contributed by atoms with E-state index in [9.17, 15) is 0 Å². The van der Waals surface area contributed by atoms with Gasteiger partial charge >= 0.3 is 0 Å². The Bertz CT molecular complexity index is 2500. The molecule has 7 heteroatoms. The van der Waals surface area contributed by atoms with Crippen LogP contribution in [0.1, 0.15) is 0 Å². The van der Waals surface area contributed by atoms with Crippen LogP contribution in [-0.2, 0) is 0 Å². The van der Waals surface area contributed by atoms with E-state index in [2.05, 4.69) is 114 Å². The fraction of sp³-hybridized carbons (Fsp3) is 0. The highest BCUT2D eigenvalue weighted by Gasteiger charge is 2.14. The Hall–Kier alpha value is -6.08. The summed E-state index contributed by atoms with van der Waals surface area (Å²) in [6.07, 6.45) is 11.6. The van der Waals surface area contributed by atoms with Gasteiger partial charge in [0.05, 0.1) is 17.2 Å². The summed E-state index contributed by atoms with van der Waals surface area (Å²) in [4.78, 5) is 4.65. The van der Waals surface area contributed by atoms with Gasteiger partial charge in [-0.1, -0.05) is 42.5 Å². The van der Waals surface area contributed by atoms with Gasteiger partial charge in [0.25, 0.3) is 0 Å². The number of hydrogen-bond acceptors (Lipinski definition) is 2. The molecule has 0 spiro atoms. The molecule has 0 saturated carbocycles. The van der Waals surface area contributed by atoms with E-state index >= 15 is 0 Å². The molecule has 43 heavy (non-hydrogen) atoms. The number of aromatic nitrogens is 6. The molecule has 0 amide bonds. The predicted molar refractivity (Wildman–Crippen MR) is 167 cm³/mol.